The predicted octanol–water partition coefficient (Wildman–Crippen LogP) is 7.96. The Bertz CT molecular complexity index is 3390. The molecule has 578 valence electrons. The van der Waals surface area contributed by atoms with Gasteiger partial charge in [-0.3, -0.25) is 47.9 Å². The second-order valence-electron chi connectivity index (χ2n) is 28.2. The summed E-state index contributed by atoms with van der Waals surface area (Å²) in [6.07, 6.45) is 4.17. The molecule has 105 heavy (non-hydrogen) atoms. The zero-order chi connectivity index (χ0) is 77.8. The summed E-state index contributed by atoms with van der Waals surface area (Å²) in [7, 11) is 6.25. The molecule has 2 fully saturated rings. The number of likely N-dealkylation sites (N-methyl/N-ethyl adjacent to an activating group) is 2. The number of ether oxygens (including phenoxy) is 3. The predicted molar refractivity (Wildman–Crippen MR) is 403 cm³/mol. The summed E-state index contributed by atoms with van der Waals surface area (Å²) in [4.78, 5) is 176. The van der Waals surface area contributed by atoms with Gasteiger partial charge in [-0.15, -0.1) is 11.3 Å². The van der Waals surface area contributed by atoms with Crippen LogP contribution in [0.3, 0.4) is 0 Å². The summed E-state index contributed by atoms with van der Waals surface area (Å²) in [5.74, 6) is -7.19. The molecule has 6 N–H and O–H groups in total. The molecule has 0 saturated carbocycles. The molecule has 0 radical (unpaired) electrons. The van der Waals surface area contributed by atoms with Crippen LogP contribution in [0.15, 0.2) is 91.5 Å². The Kier molecular flexibility index (Phi) is 35.8. The minimum atomic E-state index is -0.982. The first-order chi connectivity index (χ1) is 49.9. The number of nitrogens with one attached hydrogen (secondary N) is 4. The quantitative estimate of drug-likeness (QED) is 0.0265. The van der Waals surface area contributed by atoms with Gasteiger partial charge < -0.3 is 70.6 Å². The van der Waals surface area contributed by atoms with Crippen molar-refractivity contribution in [3.63, 3.8) is 0 Å². The smallest absolute Gasteiger partial charge is 0.410 e. The van der Waals surface area contributed by atoms with Crippen molar-refractivity contribution in [2.45, 2.75) is 176 Å². The van der Waals surface area contributed by atoms with E-state index in [0.717, 1.165) is 34.5 Å². The van der Waals surface area contributed by atoms with E-state index in [1.54, 1.807) is 68.3 Å². The third-order valence-electron chi connectivity index (χ3n) is 19.6. The summed E-state index contributed by atoms with van der Waals surface area (Å²) >= 11 is 2.63. The Balaban J connectivity index is 1.17. The monoisotopic (exact) mass is 1500 g/mol. The van der Waals surface area contributed by atoms with Crippen molar-refractivity contribution in [1.29, 1.82) is 0 Å². The lowest BCUT2D eigenvalue weighted by molar-refractivity contribution is -0.154. The number of anilines is 1. The van der Waals surface area contributed by atoms with Crippen molar-refractivity contribution in [3.8, 4) is 0 Å². The van der Waals surface area contributed by atoms with E-state index in [0.29, 0.717) is 43.5 Å². The number of aromatic nitrogens is 1. The Hall–Kier alpha value is -8.54. The lowest BCUT2D eigenvalue weighted by Crippen LogP contribution is -2.59. The number of methoxy groups -OCH3 is 2. The molecule has 2 unspecified atom stereocenters. The molecule has 0 spiro atoms. The number of thiazole rings is 1. The highest BCUT2D eigenvalue weighted by molar-refractivity contribution is 7.99. The van der Waals surface area contributed by atoms with Crippen LogP contribution >= 0.6 is 23.1 Å². The van der Waals surface area contributed by atoms with Crippen molar-refractivity contribution in [3.05, 3.63) is 108 Å². The number of urea groups is 1. The van der Waals surface area contributed by atoms with Crippen LogP contribution in [-0.2, 0) is 75.2 Å². The van der Waals surface area contributed by atoms with Gasteiger partial charge in [0, 0.05) is 95.5 Å². The fourth-order valence-electron chi connectivity index (χ4n) is 13.6. The number of amides is 11. The molecular formula is C76H112N12O15S2. The minimum absolute atomic E-state index is 0.00956. The third kappa shape index (κ3) is 25.9. The number of likely N-dealkylation sites (tertiary alicyclic amines) is 1. The number of carbonyl (C=O) groups is 12. The van der Waals surface area contributed by atoms with Crippen molar-refractivity contribution in [2.75, 3.05) is 78.2 Å². The first-order valence-corrected chi connectivity index (χ1v) is 38.1. The maximum Gasteiger partial charge on any atom is 0.410 e. The molecule has 2 aromatic carbocycles. The number of ketones is 2. The van der Waals surface area contributed by atoms with Crippen LogP contribution in [0.5, 0.6) is 0 Å². The second-order valence-corrected chi connectivity index (χ2v) is 30.2. The molecule has 2 saturated heterocycles. The number of nitrogens with two attached hydrogens (primary N) is 1. The molecule has 11 atom stereocenters. The molecule has 3 heterocycles. The van der Waals surface area contributed by atoms with Crippen LogP contribution < -0.4 is 27.0 Å². The number of nitrogens with zero attached hydrogens (tertiary/aromatic N) is 7. The molecule has 2 aliphatic heterocycles. The maximum absolute atomic E-state index is 15.0. The summed E-state index contributed by atoms with van der Waals surface area (Å²) in [5, 5.41) is 14.0. The summed E-state index contributed by atoms with van der Waals surface area (Å²) < 4.78 is 18.0. The van der Waals surface area contributed by atoms with Gasteiger partial charge in [0.25, 0.3) is 0 Å². The van der Waals surface area contributed by atoms with Crippen LogP contribution in [0.4, 0.5) is 15.3 Å². The molecule has 0 bridgehead atoms. The van der Waals surface area contributed by atoms with Crippen molar-refractivity contribution < 1.29 is 71.7 Å². The molecule has 11 amide bonds. The number of Topliss-reactive ketones (excluding diaryl/α,β-unsaturated/α-hetero) is 2. The Morgan fingerprint density at radius 1 is 0.752 bits per heavy atom. The zero-order valence-corrected chi connectivity index (χ0v) is 65.0. The molecular weight excluding hydrogens is 1390 g/mol. The Morgan fingerprint density at radius 3 is 1.96 bits per heavy atom. The Labute approximate surface area is 627 Å². The molecule has 29 heteroatoms. The standard InChI is InChI=1S/C76H112N12O15S2/c1-16-50(10)69(61(101-14)41-66(95)88-35-23-27-58(88)70(102-15)51(11)71(96)81-57(73-78-34-37-105-73)38-52-24-20-19-21-25-52)83(12)74(98)56(47(4)5)40-60(90)68(49(8)9)84(13)76(100)103-42-53-28-30-55(31-29-53)80-72(97)54(26-22-33-79-75(77)99)39-59(89)67(48(6)7)82-62(91)43-104-36-32-65(94)87-45-85(63(92)17-2)44-86(46-87)64(93)18-3/h17-21,24-25,28-31,34,37,47-51,54,56-58,61,67-70H,2-3,16,22-23,26-27,32-33,35-36,38-46H2,1,4-15H3,(H,80,97)(H,81,96)(H,82,91)(H3,77,79,99)/t50?,51-,54-,56+,57+,58?,61-,67+,68+,69+,70-/m1/s1. The van der Waals surface area contributed by atoms with E-state index in [4.69, 9.17) is 19.9 Å². The van der Waals surface area contributed by atoms with E-state index in [-0.39, 0.29) is 136 Å². The summed E-state index contributed by atoms with van der Waals surface area (Å²) in [5.41, 5.74) is 7.24. The normalized spacial score (nSPS) is 16.7. The highest BCUT2D eigenvalue weighted by Gasteiger charge is 2.44. The topological polar surface area (TPSA) is 339 Å². The highest BCUT2D eigenvalue weighted by Crippen LogP contribution is 2.33. The molecule has 5 rings (SSSR count). The van der Waals surface area contributed by atoms with Gasteiger partial charge in [-0.2, -0.15) is 11.8 Å². The van der Waals surface area contributed by atoms with Crippen LogP contribution in [-0.4, -0.2) is 215 Å². The number of primary amides is 1. The average Bonchev–Trinajstić information content (AvgIpc) is 1.80. The van der Waals surface area contributed by atoms with Crippen molar-refractivity contribution in [1.82, 2.24) is 50.3 Å². The SMILES string of the molecule is C=CC(=O)N1CN(C(=O)C=C)CN(C(=O)CCSCC(=O)N[C@H](C(=O)C[C@@H](CCCNC(N)=O)C(=O)Nc2ccc(COC(=O)N(C)[C@H](C(=O)C[C@H](C(=O)N(C)[C@@H](C(C)CC)[C@@H](CC(=O)N3CCCC3[C@H](OC)[C@@H](C)C(=O)N[C@@H](Cc3ccccc3)c3nccs3)OC)C(C)C)C(C)C)cc2)C(C)C)C1. The number of thioether (sulfide) groups is 1. The van der Waals surface area contributed by atoms with Gasteiger partial charge in [0.1, 0.15) is 11.6 Å². The second kappa shape index (κ2) is 43.2. The number of rotatable bonds is 42. The van der Waals surface area contributed by atoms with E-state index in [1.165, 1.54) is 45.1 Å². The van der Waals surface area contributed by atoms with Crippen LogP contribution in [0.25, 0.3) is 0 Å². The fourth-order valence-corrected chi connectivity index (χ4v) is 15.0. The number of hydrogen-bond acceptors (Lipinski definition) is 18. The van der Waals surface area contributed by atoms with Gasteiger partial charge in [0.15, 0.2) is 11.6 Å². The lowest BCUT2D eigenvalue weighted by Gasteiger charge is -2.41. The van der Waals surface area contributed by atoms with Gasteiger partial charge >= 0.3 is 12.1 Å². The Morgan fingerprint density at radius 2 is 1.40 bits per heavy atom. The maximum atomic E-state index is 15.0. The van der Waals surface area contributed by atoms with E-state index >= 15 is 0 Å². The lowest BCUT2D eigenvalue weighted by atomic mass is 9.83. The minimum Gasteiger partial charge on any atom is -0.445 e. The van der Waals surface area contributed by atoms with E-state index in [9.17, 15) is 57.5 Å². The largest absolute Gasteiger partial charge is 0.445 e. The molecule has 3 aromatic rings. The first-order valence-electron chi connectivity index (χ1n) is 36.1. The molecule has 1 aromatic heterocycles. The number of hydrogen-bond donors (Lipinski definition) is 5. The zero-order valence-electron chi connectivity index (χ0n) is 63.4. The van der Waals surface area contributed by atoms with E-state index in [2.05, 4.69) is 39.4 Å². The van der Waals surface area contributed by atoms with Gasteiger partial charge in [0.05, 0.1) is 80.5 Å². The summed E-state index contributed by atoms with van der Waals surface area (Å²) in [6.45, 7) is 23.9. The van der Waals surface area contributed by atoms with Gasteiger partial charge in [0.2, 0.25) is 47.3 Å². The van der Waals surface area contributed by atoms with E-state index in [1.807, 2.05) is 84.2 Å². The van der Waals surface area contributed by atoms with Gasteiger partial charge in [-0.25, -0.2) is 14.6 Å². The molecule has 0 aliphatic carbocycles. The highest BCUT2D eigenvalue weighted by atomic mass is 32.2. The van der Waals surface area contributed by atoms with Crippen LogP contribution in [0.1, 0.15) is 142 Å². The van der Waals surface area contributed by atoms with Crippen LogP contribution in [0, 0.1) is 41.4 Å². The van der Waals surface area contributed by atoms with Crippen LogP contribution in [0.2, 0.25) is 0 Å². The average molecular weight is 1500 g/mol. The molecule has 2 aliphatic rings. The van der Waals surface area contributed by atoms with Crippen molar-refractivity contribution in [2.24, 2.45) is 47.2 Å². The van der Waals surface area contributed by atoms with Crippen molar-refractivity contribution >= 4 is 99.7 Å². The first kappa shape index (κ1) is 87.1. The van der Waals surface area contributed by atoms with Gasteiger partial charge in [-0.1, -0.05) is 124 Å². The fraction of sp³-hybridized carbons (Fsp3) is 0.592. The molecule has 27 nitrogen and oxygen atoms in total. The van der Waals surface area contributed by atoms with E-state index < -0.39 is 102 Å². The third-order valence-corrected chi connectivity index (χ3v) is 21.5. The summed E-state index contributed by atoms with van der Waals surface area (Å²) in [6, 6.07) is 12.3. The number of benzene rings is 2. The number of carbonyl (C=O) groups excluding carboxylic acids is 12. The van der Waals surface area contributed by atoms with Gasteiger partial charge in [-0.05, 0) is 91.2 Å².